The Morgan fingerprint density at radius 2 is 1.50 bits per heavy atom. The summed E-state index contributed by atoms with van der Waals surface area (Å²) in [5.41, 5.74) is 10.9. The van der Waals surface area contributed by atoms with Crippen molar-refractivity contribution < 1.29 is 0 Å². The van der Waals surface area contributed by atoms with Crippen molar-refractivity contribution in [3.8, 4) is 0 Å². The van der Waals surface area contributed by atoms with E-state index in [1.807, 2.05) is 0 Å². The van der Waals surface area contributed by atoms with Crippen LogP contribution in [0.25, 0.3) is 11.6 Å². The van der Waals surface area contributed by atoms with Gasteiger partial charge in [0.1, 0.15) is 0 Å². The van der Waals surface area contributed by atoms with Crippen LogP contribution in [0.1, 0.15) is 121 Å². The van der Waals surface area contributed by atoms with Crippen molar-refractivity contribution in [2.75, 3.05) is 0 Å². The predicted molar refractivity (Wildman–Crippen MR) is 146 cm³/mol. The van der Waals surface area contributed by atoms with E-state index in [4.69, 9.17) is 0 Å². The first kappa shape index (κ1) is 26.4. The van der Waals surface area contributed by atoms with Gasteiger partial charge in [-0.3, -0.25) is 0 Å². The second kappa shape index (κ2) is 10.4. The molecule has 0 heterocycles. The molecule has 0 aromatic heterocycles. The van der Waals surface area contributed by atoms with E-state index in [2.05, 4.69) is 97.9 Å². The van der Waals surface area contributed by atoms with Gasteiger partial charge >= 0.3 is 0 Å². The van der Waals surface area contributed by atoms with E-state index in [-0.39, 0.29) is 12.8 Å². The van der Waals surface area contributed by atoms with E-state index in [9.17, 15) is 0 Å². The van der Waals surface area contributed by atoms with Gasteiger partial charge in [-0.15, -0.1) is 0 Å². The number of unbranched alkanes of at least 4 members (excludes halogenated alkanes) is 2. The number of hydrogen-bond acceptors (Lipinski definition) is 0. The lowest BCUT2D eigenvalue weighted by atomic mass is 9.63. The molecule has 4 rings (SSSR count). The van der Waals surface area contributed by atoms with Gasteiger partial charge in [-0.1, -0.05) is 123 Å². The van der Waals surface area contributed by atoms with Crippen LogP contribution in [0.3, 0.4) is 0 Å². The third kappa shape index (κ3) is 5.56. The smallest absolute Gasteiger partial charge is 0.0100 e. The number of fused-ring (bicyclic) bond motifs is 2. The molecule has 32 heavy (non-hydrogen) atoms. The number of benzene rings is 2. The molecule has 0 saturated heterocycles. The highest BCUT2D eigenvalue weighted by atomic mass is 14.4. The van der Waals surface area contributed by atoms with E-state index in [0.717, 1.165) is 0 Å². The molecule has 0 amide bonds. The minimum atomic E-state index is 0. The summed E-state index contributed by atoms with van der Waals surface area (Å²) in [4.78, 5) is 0. The van der Waals surface area contributed by atoms with Crippen LogP contribution in [0.4, 0.5) is 0 Å². The topological polar surface area (TPSA) is 0 Å². The molecule has 0 N–H and O–H groups in total. The summed E-state index contributed by atoms with van der Waals surface area (Å²) in [5, 5.41) is 0. The molecule has 0 fully saturated rings. The van der Waals surface area contributed by atoms with E-state index in [1.165, 1.54) is 66.4 Å². The fourth-order valence-electron chi connectivity index (χ4n) is 5.33. The molecular formula is C32H48. The Kier molecular flexibility index (Phi) is 8.60. The molecule has 2 aromatic rings. The summed E-state index contributed by atoms with van der Waals surface area (Å²) in [6.45, 7) is 18.6. The molecule has 0 radical (unpaired) electrons. The molecule has 0 aliphatic heterocycles. The Bertz CT molecular complexity index is 937. The molecule has 176 valence electrons. The zero-order valence-electron chi connectivity index (χ0n) is 21.4. The maximum Gasteiger partial charge on any atom is -0.0100 e. The highest BCUT2D eigenvalue weighted by Crippen LogP contribution is 2.46. The Labute approximate surface area is 199 Å². The second-order valence-electron chi connectivity index (χ2n) is 11.3. The van der Waals surface area contributed by atoms with Crippen LogP contribution in [0.5, 0.6) is 0 Å². The summed E-state index contributed by atoms with van der Waals surface area (Å²) in [6, 6.07) is 14.2. The molecule has 2 aliphatic carbocycles. The maximum absolute atomic E-state index is 2.47. The summed E-state index contributed by atoms with van der Waals surface area (Å²) in [6.07, 6.45) is 10.2. The van der Waals surface area contributed by atoms with Crippen molar-refractivity contribution in [1.29, 1.82) is 0 Å². The van der Waals surface area contributed by atoms with Crippen LogP contribution >= 0.6 is 0 Å². The van der Waals surface area contributed by atoms with Gasteiger partial charge in [0, 0.05) is 0 Å². The van der Waals surface area contributed by atoms with Crippen LogP contribution < -0.4 is 0 Å². The zero-order chi connectivity index (χ0) is 22.8. The summed E-state index contributed by atoms with van der Waals surface area (Å²) in [7, 11) is 0. The van der Waals surface area contributed by atoms with E-state index in [0.29, 0.717) is 11.3 Å². The first-order valence-corrected chi connectivity index (χ1v) is 12.6. The van der Waals surface area contributed by atoms with Crippen LogP contribution in [-0.4, -0.2) is 0 Å². The van der Waals surface area contributed by atoms with Gasteiger partial charge in [0.15, 0.2) is 0 Å². The van der Waals surface area contributed by atoms with Crippen LogP contribution in [-0.2, 0) is 17.3 Å². The molecule has 0 heteroatoms. The van der Waals surface area contributed by atoms with Crippen molar-refractivity contribution in [3.63, 3.8) is 0 Å². The van der Waals surface area contributed by atoms with Crippen molar-refractivity contribution in [2.45, 2.75) is 112 Å². The Morgan fingerprint density at radius 3 is 2.09 bits per heavy atom. The largest absolute Gasteiger partial charge is 0.0776 e. The van der Waals surface area contributed by atoms with Gasteiger partial charge in [0.05, 0.1) is 0 Å². The lowest BCUT2D eigenvalue weighted by Gasteiger charge is -2.42. The fraction of sp³-hybridized carbons (Fsp3) is 0.562. The quantitative estimate of drug-likeness (QED) is 0.452. The molecule has 0 nitrogen and oxygen atoms in total. The third-order valence-corrected chi connectivity index (χ3v) is 7.53. The van der Waals surface area contributed by atoms with Gasteiger partial charge < -0.3 is 0 Å². The van der Waals surface area contributed by atoms with Gasteiger partial charge in [0.25, 0.3) is 0 Å². The highest BCUT2D eigenvalue weighted by molar-refractivity contribution is 5.87. The average Bonchev–Trinajstić information content (AvgIpc) is 3.01. The molecule has 2 aromatic carbocycles. The van der Waals surface area contributed by atoms with E-state index >= 15 is 0 Å². The summed E-state index contributed by atoms with van der Waals surface area (Å²) < 4.78 is 0. The minimum Gasteiger partial charge on any atom is -0.0776 e. The first-order valence-electron chi connectivity index (χ1n) is 12.6. The van der Waals surface area contributed by atoms with E-state index < -0.39 is 0 Å². The van der Waals surface area contributed by atoms with Gasteiger partial charge in [-0.25, -0.2) is 0 Å². The molecule has 2 aliphatic rings. The lowest BCUT2D eigenvalue weighted by Crippen LogP contribution is -2.33. The monoisotopic (exact) mass is 432 g/mol. The zero-order valence-corrected chi connectivity index (χ0v) is 21.4. The van der Waals surface area contributed by atoms with Gasteiger partial charge in [-0.05, 0) is 76.3 Å². The highest BCUT2D eigenvalue weighted by Gasteiger charge is 2.36. The molecule has 0 saturated carbocycles. The van der Waals surface area contributed by atoms with Gasteiger partial charge in [0.2, 0.25) is 0 Å². The first-order chi connectivity index (χ1) is 14.6. The van der Waals surface area contributed by atoms with Crippen molar-refractivity contribution in [1.82, 2.24) is 0 Å². The number of aryl methyl sites for hydroxylation is 1. The van der Waals surface area contributed by atoms with Gasteiger partial charge in [-0.2, -0.15) is 0 Å². The standard InChI is InChI=1S/C26H32.C5H12.CH4/c1-17-7-9-21-20(13-17)14-18(2)22(21)15-19-8-10-23-24(16-19)26(5,6)12-11-25(23,3)4;1-3-5-4-2;/h7-10,13,15-16,18H,11-12,14H2,1-6H3;3-5H2,1-2H3;1H4/b22-15-;;. The maximum atomic E-state index is 2.47. The summed E-state index contributed by atoms with van der Waals surface area (Å²) in [5.74, 6) is 0.604. The van der Waals surface area contributed by atoms with Crippen molar-refractivity contribution >= 4 is 11.6 Å². The Hall–Kier alpha value is -1.82. The SMILES string of the molecule is C.CCCCC.Cc1ccc2c(c1)CC(C)/C2=C/c1ccc2c(c1)C(C)(C)CCC2(C)C. The number of hydrogen-bond donors (Lipinski definition) is 0. The molecule has 0 spiro atoms. The summed E-state index contributed by atoms with van der Waals surface area (Å²) >= 11 is 0. The normalized spacial score (nSPS) is 21.1. The van der Waals surface area contributed by atoms with Crippen LogP contribution in [0.15, 0.2) is 36.4 Å². The molecule has 1 atom stereocenters. The predicted octanol–water partition coefficient (Wildman–Crippen LogP) is 9.91. The average molecular weight is 433 g/mol. The molecular weight excluding hydrogens is 384 g/mol. The Morgan fingerprint density at radius 1 is 0.875 bits per heavy atom. The minimum absolute atomic E-state index is 0. The van der Waals surface area contributed by atoms with Crippen molar-refractivity contribution in [2.24, 2.45) is 5.92 Å². The third-order valence-electron chi connectivity index (χ3n) is 7.53. The Balaban J connectivity index is 0.000000548. The number of rotatable bonds is 3. The van der Waals surface area contributed by atoms with Crippen LogP contribution in [0.2, 0.25) is 0 Å². The number of allylic oxidation sites excluding steroid dienone is 1. The molecule has 1 unspecified atom stereocenters. The van der Waals surface area contributed by atoms with Crippen LogP contribution in [0, 0.1) is 12.8 Å². The lowest BCUT2D eigenvalue weighted by molar-refractivity contribution is 0.332. The second-order valence-corrected chi connectivity index (χ2v) is 11.3. The van der Waals surface area contributed by atoms with E-state index in [1.54, 1.807) is 11.1 Å². The molecule has 0 bridgehead atoms. The fourth-order valence-corrected chi connectivity index (χ4v) is 5.33. The van der Waals surface area contributed by atoms with Crippen molar-refractivity contribution in [3.05, 3.63) is 69.8 Å².